The zero-order chi connectivity index (χ0) is 14.8. The van der Waals surface area contributed by atoms with Crippen molar-refractivity contribution >= 4 is 10.1 Å². The number of hydrogen-bond acceptors (Lipinski definition) is 3. The summed E-state index contributed by atoms with van der Waals surface area (Å²) in [6.07, 6.45) is 1.68. The van der Waals surface area contributed by atoms with Gasteiger partial charge in [0, 0.05) is 12.2 Å². The van der Waals surface area contributed by atoms with Crippen LogP contribution in [0.4, 0.5) is 13.2 Å². The van der Waals surface area contributed by atoms with Crippen LogP contribution in [0.3, 0.4) is 0 Å². The van der Waals surface area contributed by atoms with Gasteiger partial charge in [-0.1, -0.05) is 44.9 Å². The van der Waals surface area contributed by atoms with Crippen LogP contribution in [-0.4, -0.2) is 24.9 Å². The molecule has 0 atom stereocenters. The molecule has 0 amide bonds. The van der Waals surface area contributed by atoms with Gasteiger partial charge in [0.15, 0.2) is 0 Å². The van der Waals surface area contributed by atoms with Crippen LogP contribution < -0.4 is 51.4 Å². The Kier molecular flexibility index (Phi) is 15.1. The first-order valence-electron chi connectivity index (χ1n) is 6.71. The summed E-state index contributed by atoms with van der Waals surface area (Å²) in [6.45, 7) is 0. The Morgan fingerprint density at radius 2 is 1.10 bits per heavy atom. The average molecular weight is 342 g/mol. The van der Waals surface area contributed by atoms with Gasteiger partial charge in [-0.05, 0) is 12.8 Å². The van der Waals surface area contributed by atoms with E-state index in [1.165, 1.54) is 0 Å². The molecule has 0 bridgehead atoms. The molecule has 0 saturated carbocycles. The number of alkyl halides is 3. The molecule has 0 aliphatic carbocycles. The number of rotatable bonds is 11. The third kappa shape index (κ3) is 21.6. The first kappa shape index (κ1) is 23.6. The molecule has 3 nitrogen and oxygen atoms in total. The van der Waals surface area contributed by atoms with Gasteiger partial charge in [-0.25, -0.2) is 8.42 Å². The maximum absolute atomic E-state index is 11.8. The zero-order valence-electron chi connectivity index (χ0n) is 12.0. The summed E-state index contributed by atoms with van der Waals surface area (Å²) in [7, 11) is -4.09. The van der Waals surface area contributed by atoms with Gasteiger partial charge in [0.05, 0.1) is 10.1 Å². The molecule has 0 aliphatic rings. The minimum atomic E-state index is -4.09. The van der Waals surface area contributed by atoms with Crippen LogP contribution in [0.1, 0.15) is 64.2 Å². The molecular weight excluding hydrogens is 320 g/mol. The van der Waals surface area contributed by atoms with Crippen LogP contribution in [0.5, 0.6) is 0 Å². The summed E-state index contributed by atoms with van der Waals surface area (Å²) in [5, 5.41) is 0. The molecule has 0 spiro atoms. The number of halogens is 3. The molecule has 0 unspecified atom stereocenters. The molecule has 0 radical (unpaired) electrons. The Balaban J connectivity index is 0. The molecule has 20 heavy (non-hydrogen) atoms. The molecule has 0 rings (SSSR count). The minimum Gasteiger partial charge on any atom is -0.748 e. The summed E-state index contributed by atoms with van der Waals surface area (Å²) >= 11 is 0. The predicted octanol–water partition coefficient (Wildman–Crippen LogP) is 0.999. The van der Waals surface area contributed by atoms with Gasteiger partial charge in [-0.2, -0.15) is 13.2 Å². The Morgan fingerprint density at radius 1 is 0.750 bits per heavy atom. The van der Waals surface area contributed by atoms with Crippen molar-refractivity contribution in [2.75, 3.05) is 5.75 Å². The molecule has 0 fully saturated rings. The second kappa shape index (κ2) is 12.8. The molecule has 0 saturated heterocycles. The Bertz CT molecular complexity index is 318. The summed E-state index contributed by atoms with van der Waals surface area (Å²) in [6, 6.07) is 0. The van der Waals surface area contributed by atoms with E-state index in [2.05, 4.69) is 0 Å². The van der Waals surface area contributed by atoms with E-state index in [1.807, 2.05) is 0 Å². The normalized spacial score (nSPS) is 12.2. The Morgan fingerprint density at radius 3 is 1.45 bits per heavy atom. The standard InChI is InChI=1S/C12H23F3O3S.K/c13-12(14,15)10-8-6-4-2-1-3-5-7-9-11-19(16,17)18;/h1-11H2,(H,16,17,18);/q;+1/p-1. The largest absolute Gasteiger partial charge is 1.00 e. The van der Waals surface area contributed by atoms with Gasteiger partial charge in [0.1, 0.15) is 0 Å². The van der Waals surface area contributed by atoms with Gasteiger partial charge in [-0.3, -0.25) is 0 Å². The molecule has 0 aromatic carbocycles. The van der Waals surface area contributed by atoms with Crippen molar-refractivity contribution in [2.45, 2.75) is 70.4 Å². The number of hydrogen-bond donors (Lipinski definition) is 0. The first-order valence-corrected chi connectivity index (χ1v) is 8.29. The van der Waals surface area contributed by atoms with Gasteiger partial charge in [0.25, 0.3) is 0 Å². The second-order valence-corrected chi connectivity index (χ2v) is 6.33. The van der Waals surface area contributed by atoms with Crippen molar-refractivity contribution in [3.8, 4) is 0 Å². The van der Waals surface area contributed by atoms with E-state index in [4.69, 9.17) is 0 Å². The van der Waals surface area contributed by atoms with Gasteiger partial charge < -0.3 is 4.55 Å². The van der Waals surface area contributed by atoms with Gasteiger partial charge in [0.2, 0.25) is 0 Å². The molecule has 8 heteroatoms. The third-order valence-corrected chi connectivity index (χ3v) is 3.64. The zero-order valence-corrected chi connectivity index (χ0v) is 16.0. The number of unbranched alkanes of at least 4 members (excludes halogenated alkanes) is 8. The van der Waals surface area contributed by atoms with E-state index in [0.29, 0.717) is 12.8 Å². The smallest absolute Gasteiger partial charge is 0.748 e. The van der Waals surface area contributed by atoms with Crippen molar-refractivity contribution in [3.63, 3.8) is 0 Å². The van der Waals surface area contributed by atoms with E-state index in [0.717, 1.165) is 38.5 Å². The Hall–Kier alpha value is 1.34. The van der Waals surface area contributed by atoms with Crippen molar-refractivity contribution in [1.29, 1.82) is 0 Å². The minimum absolute atomic E-state index is 0. The van der Waals surface area contributed by atoms with Crippen LogP contribution in [-0.2, 0) is 10.1 Å². The van der Waals surface area contributed by atoms with Crippen molar-refractivity contribution in [1.82, 2.24) is 0 Å². The summed E-state index contributed by atoms with van der Waals surface area (Å²) in [4.78, 5) is 0. The van der Waals surface area contributed by atoms with E-state index < -0.39 is 22.7 Å². The third-order valence-electron chi connectivity index (χ3n) is 2.85. The van der Waals surface area contributed by atoms with Crippen molar-refractivity contribution in [3.05, 3.63) is 0 Å². The fraction of sp³-hybridized carbons (Fsp3) is 1.00. The fourth-order valence-electron chi connectivity index (χ4n) is 1.84. The summed E-state index contributed by atoms with van der Waals surface area (Å²) in [5.74, 6) is -0.301. The maximum Gasteiger partial charge on any atom is 1.00 e. The van der Waals surface area contributed by atoms with E-state index in [1.54, 1.807) is 0 Å². The SMILES string of the molecule is O=S(=O)([O-])CCCCCCCCCCCC(F)(F)F.[K+]. The van der Waals surface area contributed by atoms with Crippen LogP contribution in [0, 0.1) is 0 Å². The van der Waals surface area contributed by atoms with Crippen LogP contribution in [0.15, 0.2) is 0 Å². The van der Waals surface area contributed by atoms with Crippen LogP contribution >= 0.6 is 0 Å². The van der Waals surface area contributed by atoms with Gasteiger partial charge >= 0.3 is 57.6 Å². The molecular formula is C12H22F3KO3S. The van der Waals surface area contributed by atoms with Crippen molar-refractivity contribution < 1.29 is 77.5 Å². The maximum atomic E-state index is 11.8. The first-order chi connectivity index (χ1) is 8.71. The quantitative estimate of drug-likeness (QED) is 0.320. The molecule has 0 aromatic heterocycles. The van der Waals surface area contributed by atoms with E-state index in [9.17, 15) is 26.1 Å². The van der Waals surface area contributed by atoms with Crippen LogP contribution in [0.2, 0.25) is 0 Å². The van der Waals surface area contributed by atoms with Gasteiger partial charge in [-0.15, -0.1) is 0 Å². The molecule has 0 aliphatic heterocycles. The van der Waals surface area contributed by atoms with E-state index >= 15 is 0 Å². The molecule has 116 valence electrons. The second-order valence-electron chi connectivity index (χ2n) is 4.81. The fourth-order valence-corrected chi connectivity index (χ4v) is 2.40. The molecule has 0 N–H and O–H groups in total. The topological polar surface area (TPSA) is 57.2 Å². The average Bonchev–Trinajstić information content (AvgIpc) is 2.22. The monoisotopic (exact) mass is 342 g/mol. The molecule has 0 heterocycles. The Labute approximate surface area is 162 Å². The van der Waals surface area contributed by atoms with Crippen molar-refractivity contribution in [2.24, 2.45) is 0 Å². The summed E-state index contributed by atoms with van der Waals surface area (Å²) in [5.41, 5.74) is 0. The summed E-state index contributed by atoms with van der Waals surface area (Å²) < 4.78 is 66.4. The van der Waals surface area contributed by atoms with Crippen LogP contribution in [0.25, 0.3) is 0 Å². The predicted molar refractivity (Wildman–Crippen MR) is 66.8 cm³/mol. The molecule has 0 aromatic rings. The van der Waals surface area contributed by atoms with E-state index in [-0.39, 0.29) is 63.6 Å².